The number of hydrogen-bond donors (Lipinski definition) is 0. The molecule has 0 saturated heterocycles. The van der Waals surface area contributed by atoms with Gasteiger partial charge < -0.3 is 4.40 Å². The van der Waals surface area contributed by atoms with Crippen molar-refractivity contribution in [3.8, 4) is 11.1 Å². The van der Waals surface area contributed by atoms with Crippen LogP contribution in [0, 0.1) is 26.8 Å². The summed E-state index contributed by atoms with van der Waals surface area (Å²) < 4.78 is 2.16. The summed E-state index contributed by atoms with van der Waals surface area (Å²) in [6, 6.07) is 20.8. The van der Waals surface area contributed by atoms with Crippen LogP contribution < -0.4 is 0 Å². The molecule has 0 atom stereocenters. The van der Waals surface area contributed by atoms with Crippen LogP contribution in [0.3, 0.4) is 0 Å². The van der Waals surface area contributed by atoms with E-state index in [0.717, 1.165) is 11.0 Å². The smallest absolute Gasteiger partial charge is 0.0608 e. The number of imidazole rings is 1. The van der Waals surface area contributed by atoms with Crippen LogP contribution in [0.25, 0.3) is 38.4 Å². The predicted octanol–water partition coefficient (Wildman–Crippen LogP) is 6.03. The Balaban J connectivity index is 0.00000180. The average Bonchev–Trinajstić information content (AvgIpc) is 3.11. The molecule has 0 N–H and O–H groups in total. The van der Waals surface area contributed by atoms with E-state index in [0.29, 0.717) is 0 Å². The third-order valence-electron chi connectivity index (χ3n) is 5.24. The number of para-hydroxylation sites is 1. The summed E-state index contributed by atoms with van der Waals surface area (Å²) >= 11 is 0. The zero-order chi connectivity index (χ0) is 17.8. The van der Waals surface area contributed by atoms with Gasteiger partial charge in [-0.1, -0.05) is 52.2 Å². The third-order valence-corrected chi connectivity index (χ3v) is 5.24. The van der Waals surface area contributed by atoms with Crippen molar-refractivity contribution in [2.24, 2.45) is 0 Å². The van der Waals surface area contributed by atoms with Crippen LogP contribution in [-0.2, 0) is 20.1 Å². The fourth-order valence-corrected chi connectivity index (χ4v) is 4.35. The number of rotatable bonds is 1. The summed E-state index contributed by atoms with van der Waals surface area (Å²) in [6.07, 6.45) is 3.89. The van der Waals surface area contributed by atoms with E-state index in [-0.39, 0.29) is 20.1 Å². The van der Waals surface area contributed by atoms with Crippen LogP contribution in [-0.4, -0.2) is 9.38 Å². The van der Waals surface area contributed by atoms with Gasteiger partial charge in [-0.3, -0.25) is 4.98 Å². The minimum atomic E-state index is 0. The fourth-order valence-electron chi connectivity index (χ4n) is 4.35. The molecule has 0 spiro atoms. The topological polar surface area (TPSA) is 17.3 Å². The van der Waals surface area contributed by atoms with E-state index in [2.05, 4.69) is 78.7 Å². The van der Waals surface area contributed by atoms with E-state index in [9.17, 15) is 0 Å². The molecule has 0 amide bonds. The van der Waals surface area contributed by atoms with Gasteiger partial charge >= 0.3 is 0 Å². The molecule has 2 aromatic heterocycles. The van der Waals surface area contributed by atoms with Gasteiger partial charge in [-0.2, -0.15) is 0 Å². The van der Waals surface area contributed by atoms with Gasteiger partial charge in [0.25, 0.3) is 0 Å². The number of pyridine rings is 1. The zero-order valence-electron chi connectivity index (χ0n) is 15.5. The van der Waals surface area contributed by atoms with Gasteiger partial charge in [0.05, 0.1) is 5.65 Å². The fraction of sp³-hybridized carbons (Fsp3) is 0.125. The van der Waals surface area contributed by atoms with E-state index in [1.807, 2.05) is 18.5 Å². The minimum absolute atomic E-state index is 0. The average molecular weight is 528 g/mol. The summed E-state index contributed by atoms with van der Waals surface area (Å²) in [6.45, 7) is 6.56. The molecular formula is C24H19IrN2-. The van der Waals surface area contributed by atoms with Gasteiger partial charge in [-0.25, -0.2) is 0 Å². The minimum Gasteiger partial charge on any atom is -0.340 e. The van der Waals surface area contributed by atoms with Crippen LogP contribution in [0.1, 0.15) is 16.7 Å². The first kappa shape index (κ1) is 17.9. The molecule has 0 unspecified atom stereocenters. The molecule has 2 nitrogen and oxygen atoms in total. The summed E-state index contributed by atoms with van der Waals surface area (Å²) in [4.78, 5) is 4.62. The summed E-state index contributed by atoms with van der Waals surface area (Å²) in [5.41, 5.74) is 8.63. The van der Waals surface area contributed by atoms with Gasteiger partial charge in [0, 0.05) is 38.0 Å². The van der Waals surface area contributed by atoms with Crippen molar-refractivity contribution in [1.29, 1.82) is 0 Å². The Morgan fingerprint density at radius 2 is 1.70 bits per heavy atom. The molecule has 2 heterocycles. The molecule has 5 rings (SSSR count). The first-order chi connectivity index (χ1) is 12.6. The second-order valence-corrected chi connectivity index (χ2v) is 7.05. The third kappa shape index (κ3) is 2.62. The van der Waals surface area contributed by atoms with Crippen molar-refractivity contribution in [1.82, 2.24) is 9.38 Å². The number of aryl methyl sites for hydroxylation is 3. The first-order valence-electron chi connectivity index (χ1n) is 8.91. The quantitative estimate of drug-likeness (QED) is 0.192. The van der Waals surface area contributed by atoms with Gasteiger partial charge in [-0.15, -0.1) is 18.2 Å². The second-order valence-electron chi connectivity index (χ2n) is 7.05. The Kier molecular flexibility index (Phi) is 4.38. The normalized spacial score (nSPS) is 11.2. The molecule has 1 radical (unpaired) electrons. The number of benzene rings is 3. The predicted molar refractivity (Wildman–Crippen MR) is 109 cm³/mol. The zero-order valence-corrected chi connectivity index (χ0v) is 17.9. The van der Waals surface area contributed by atoms with Crippen molar-refractivity contribution in [3.05, 3.63) is 83.7 Å². The van der Waals surface area contributed by atoms with Gasteiger partial charge in [0.15, 0.2) is 0 Å². The maximum absolute atomic E-state index is 4.62. The largest absolute Gasteiger partial charge is 0.340 e. The van der Waals surface area contributed by atoms with Gasteiger partial charge in [-0.05, 0) is 48.9 Å². The first-order valence-corrected chi connectivity index (χ1v) is 8.91. The molecule has 3 heteroatoms. The molecular weight excluding hydrogens is 508 g/mol. The molecule has 0 saturated carbocycles. The van der Waals surface area contributed by atoms with Crippen molar-refractivity contribution in [2.45, 2.75) is 20.8 Å². The Hall–Kier alpha value is -2.48. The monoisotopic (exact) mass is 528 g/mol. The Bertz CT molecular complexity index is 1290. The molecule has 0 aliphatic carbocycles. The van der Waals surface area contributed by atoms with Crippen molar-refractivity contribution >= 4 is 27.3 Å². The number of aromatic nitrogens is 2. The van der Waals surface area contributed by atoms with Crippen molar-refractivity contribution in [2.75, 3.05) is 0 Å². The molecule has 0 bridgehead atoms. The Labute approximate surface area is 172 Å². The van der Waals surface area contributed by atoms with E-state index >= 15 is 0 Å². The van der Waals surface area contributed by atoms with E-state index in [4.69, 9.17) is 0 Å². The van der Waals surface area contributed by atoms with Crippen LogP contribution in [0.4, 0.5) is 0 Å². The summed E-state index contributed by atoms with van der Waals surface area (Å²) in [5.74, 6) is 0. The van der Waals surface area contributed by atoms with E-state index < -0.39 is 0 Å². The Morgan fingerprint density at radius 1 is 0.963 bits per heavy atom. The van der Waals surface area contributed by atoms with Gasteiger partial charge in [0.1, 0.15) is 0 Å². The molecule has 0 fully saturated rings. The number of fused-ring (bicyclic) bond motifs is 6. The summed E-state index contributed by atoms with van der Waals surface area (Å²) in [5, 5.41) is 3.54. The molecule has 27 heavy (non-hydrogen) atoms. The van der Waals surface area contributed by atoms with Crippen LogP contribution >= 0.6 is 0 Å². The van der Waals surface area contributed by atoms with Crippen LogP contribution in [0.5, 0.6) is 0 Å². The maximum atomic E-state index is 4.62. The van der Waals surface area contributed by atoms with Gasteiger partial charge in [0.2, 0.25) is 0 Å². The number of nitrogens with zero attached hydrogens (tertiary/aromatic N) is 2. The SMILES string of the molecule is Cc1cc(C)c(-c2cc[c-]c3c2c2ccccc2n2ccnc32)c(C)c1.[Ir]. The standard InChI is InChI=1S/C24H19N2.Ir/c1-15-13-16(2)22(17(3)14-15)19-8-6-9-20-23(19)18-7-4-5-10-21(18)26-12-11-25-24(20)26;/h4-8,10-14H,1-3H3;/q-1;. The maximum Gasteiger partial charge on any atom is 0.0608 e. The molecule has 3 aromatic carbocycles. The van der Waals surface area contributed by atoms with Crippen LogP contribution in [0.15, 0.2) is 60.9 Å². The van der Waals surface area contributed by atoms with E-state index in [1.54, 1.807) is 0 Å². The Morgan fingerprint density at radius 3 is 2.48 bits per heavy atom. The second kappa shape index (κ2) is 6.60. The van der Waals surface area contributed by atoms with E-state index in [1.165, 1.54) is 44.1 Å². The molecule has 0 aliphatic heterocycles. The molecule has 0 aliphatic rings. The molecule has 5 aromatic rings. The van der Waals surface area contributed by atoms with Crippen LogP contribution in [0.2, 0.25) is 0 Å². The van der Waals surface area contributed by atoms with Crippen molar-refractivity contribution < 1.29 is 20.1 Å². The summed E-state index contributed by atoms with van der Waals surface area (Å²) in [7, 11) is 0. The molecule has 135 valence electrons. The number of hydrogen-bond acceptors (Lipinski definition) is 1. The van der Waals surface area contributed by atoms with Crippen molar-refractivity contribution in [3.63, 3.8) is 0 Å².